The van der Waals surface area contributed by atoms with Crippen LogP contribution in [0, 0.1) is 13.8 Å². The highest BCUT2D eigenvalue weighted by atomic mass is 32.1. The SMILES string of the molecule is COC(=O)c1ccc2c(c1)C(c1sc(C)nc1C)=CC(C)O2. The summed E-state index contributed by atoms with van der Waals surface area (Å²) in [5.41, 5.74) is 3.50. The van der Waals surface area contributed by atoms with Crippen LogP contribution in [0.15, 0.2) is 24.3 Å². The Labute approximate surface area is 133 Å². The number of nitrogens with zero attached hydrogens (tertiary/aromatic N) is 1. The van der Waals surface area contributed by atoms with Gasteiger partial charge in [-0.2, -0.15) is 0 Å². The predicted molar refractivity (Wildman–Crippen MR) is 86.5 cm³/mol. The summed E-state index contributed by atoms with van der Waals surface area (Å²) in [6.07, 6.45) is 2.05. The zero-order valence-corrected chi connectivity index (χ0v) is 13.8. The number of ether oxygens (including phenoxy) is 2. The van der Waals surface area contributed by atoms with Gasteiger partial charge in [0, 0.05) is 11.1 Å². The van der Waals surface area contributed by atoms with E-state index in [1.54, 1.807) is 17.4 Å². The summed E-state index contributed by atoms with van der Waals surface area (Å²) in [6, 6.07) is 5.38. The van der Waals surface area contributed by atoms with Crippen molar-refractivity contribution >= 4 is 22.9 Å². The van der Waals surface area contributed by atoms with Crippen LogP contribution in [0.2, 0.25) is 0 Å². The molecule has 2 heterocycles. The summed E-state index contributed by atoms with van der Waals surface area (Å²) in [5, 5.41) is 1.03. The number of hydrogen-bond acceptors (Lipinski definition) is 5. The Balaban J connectivity index is 2.16. The van der Waals surface area contributed by atoms with Crippen molar-refractivity contribution in [3.63, 3.8) is 0 Å². The van der Waals surface area contributed by atoms with Gasteiger partial charge in [0.15, 0.2) is 0 Å². The average molecular weight is 315 g/mol. The number of thiazole rings is 1. The van der Waals surface area contributed by atoms with Crippen LogP contribution < -0.4 is 4.74 Å². The van der Waals surface area contributed by atoms with Crippen LogP contribution in [0.25, 0.3) is 5.57 Å². The van der Waals surface area contributed by atoms with E-state index in [-0.39, 0.29) is 12.1 Å². The van der Waals surface area contributed by atoms with Gasteiger partial charge < -0.3 is 9.47 Å². The molecular formula is C17H17NO3S. The van der Waals surface area contributed by atoms with Crippen molar-refractivity contribution < 1.29 is 14.3 Å². The third kappa shape index (κ3) is 2.52. The maximum Gasteiger partial charge on any atom is 0.337 e. The molecule has 4 nitrogen and oxygen atoms in total. The Bertz CT molecular complexity index is 776. The van der Waals surface area contributed by atoms with E-state index in [1.165, 1.54) is 7.11 Å². The summed E-state index contributed by atoms with van der Waals surface area (Å²) < 4.78 is 10.7. The minimum Gasteiger partial charge on any atom is -0.486 e. The molecule has 2 aromatic rings. The lowest BCUT2D eigenvalue weighted by atomic mass is 9.96. The molecule has 0 saturated heterocycles. The second-order valence-corrected chi connectivity index (χ2v) is 6.46. The third-order valence-electron chi connectivity index (χ3n) is 3.55. The van der Waals surface area contributed by atoms with E-state index in [4.69, 9.17) is 9.47 Å². The number of fused-ring (bicyclic) bond motifs is 1. The van der Waals surface area contributed by atoms with Gasteiger partial charge in [-0.1, -0.05) is 0 Å². The van der Waals surface area contributed by atoms with E-state index < -0.39 is 0 Å². The molecule has 0 fully saturated rings. The number of benzene rings is 1. The van der Waals surface area contributed by atoms with Crippen molar-refractivity contribution in [2.75, 3.05) is 7.11 Å². The highest BCUT2D eigenvalue weighted by molar-refractivity contribution is 7.12. The van der Waals surface area contributed by atoms with Crippen molar-refractivity contribution in [1.82, 2.24) is 4.98 Å². The van der Waals surface area contributed by atoms with Gasteiger partial charge in [0.05, 0.1) is 28.3 Å². The highest BCUT2D eigenvalue weighted by Crippen LogP contribution is 2.39. The quantitative estimate of drug-likeness (QED) is 0.792. The number of aromatic nitrogens is 1. The van der Waals surface area contributed by atoms with Crippen LogP contribution in [0.3, 0.4) is 0 Å². The Kier molecular flexibility index (Phi) is 3.74. The molecular weight excluding hydrogens is 298 g/mol. The van der Waals surface area contributed by atoms with Crippen LogP contribution in [0.1, 0.15) is 38.4 Å². The molecule has 0 radical (unpaired) electrons. The van der Waals surface area contributed by atoms with Crippen molar-refractivity contribution in [1.29, 1.82) is 0 Å². The van der Waals surface area contributed by atoms with Gasteiger partial charge in [-0.25, -0.2) is 9.78 Å². The van der Waals surface area contributed by atoms with Crippen molar-refractivity contribution in [3.05, 3.63) is 51.0 Å². The molecule has 3 rings (SSSR count). The fourth-order valence-electron chi connectivity index (χ4n) is 2.63. The average Bonchev–Trinajstić information content (AvgIpc) is 2.83. The summed E-state index contributed by atoms with van der Waals surface area (Å²) in [6.45, 7) is 6.00. The summed E-state index contributed by atoms with van der Waals surface area (Å²) in [7, 11) is 1.38. The molecule has 1 atom stereocenters. The monoisotopic (exact) mass is 315 g/mol. The van der Waals surface area contributed by atoms with Gasteiger partial charge in [-0.05, 0) is 45.0 Å². The molecule has 0 bridgehead atoms. The Morgan fingerprint density at radius 3 is 2.77 bits per heavy atom. The summed E-state index contributed by atoms with van der Waals surface area (Å²) in [5.74, 6) is 0.432. The molecule has 1 aromatic heterocycles. The van der Waals surface area contributed by atoms with E-state index >= 15 is 0 Å². The number of hydrogen-bond donors (Lipinski definition) is 0. The van der Waals surface area contributed by atoms with Crippen LogP contribution in [-0.4, -0.2) is 24.2 Å². The molecule has 0 aliphatic carbocycles. The molecule has 1 aliphatic rings. The molecule has 1 unspecified atom stereocenters. The van der Waals surface area contributed by atoms with E-state index in [2.05, 4.69) is 11.1 Å². The first-order chi connectivity index (χ1) is 10.5. The van der Waals surface area contributed by atoms with Gasteiger partial charge >= 0.3 is 5.97 Å². The number of aryl methyl sites for hydroxylation is 2. The molecule has 1 aliphatic heterocycles. The van der Waals surface area contributed by atoms with E-state index in [0.717, 1.165) is 32.5 Å². The van der Waals surface area contributed by atoms with Gasteiger partial charge in [0.25, 0.3) is 0 Å². The van der Waals surface area contributed by atoms with E-state index in [0.29, 0.717) is 5.56 Å². The lowest BCUT2D eigenvalue weighted by molar-refractivity contribution is 0.0600. The fraction of sp³-hybridized carbons (Fsp3) is 0.294. The first-order valence-electron chi connectivity index (χ1n) is 7.05. The summed E-state index contributed by atoms with van der Waals surface area (Å²) >= 11 is 1.66. The van der Waals surface area contributed by atoms with Crippen LogP contribution in [0.5, 0.6) is 5.75 Å². The molecule has 0 saturated carbocycles. The van der Waals surface area contributed by atoms with Gasteiger partial charge in [0.1, 0.15) is 11.9 Å². The molecule has 114 valence electrons. The van der Waals surface area contributed by atoms with Crippen molar-refractivity contribution in [2.45, 2.75) is 26.9 Å². The first kappa shape index (κ1) is 14.8. The van der Waals surface area contributed by atoms with Gasteiger partial charge in [0.2, 0.25) is 0 Å². The van der Waals surface area contributed by atoms with Gasteiger partial charge in [-0.15, -0.1) is 11.3 Å². The zero-order chi connectivity index (χ0) is 15.9. The molecule has 5 heteroatoms. The number of carbonyl (C=O) groups excluding carboxylic acids is 1. The highest BCUT2D eigenvalue weighted by Gasteiger charge is 2.23. The first-order valence-corrected chi connectivity index (χ1v) is 7.87. The van der Waals surface area contributed by atoms with Crippen LogP contribution in [-0.2, 0) is 4.74 Å². The molecule has 0 spiro atoms. The molecule has 0 N–H and O–H groups in total. The molecule has 1 aromatic carbocycles. The number of esters is 1. The van der Waals surface area contributed by atoms with E-state index in [9.17, 15) is 4.79 Å². The smallest absolute Gasteiger partial charge is 0.337 e. The minimum atomic E-state index is -0.349. The maximum atomic E-state index is 11.8. The lowest BCUT2D eigenvalue weighted by Gasteiger charge is -2.23. The molecule has 0 amide bonds. The topological polar surface area (TPSA) is 48.4 Å². The molecule has 22 heavy (non-hydrogen) atoms. The number of rotatable bonds is 2. The van der Waals surface area contributed by atoms with Crippen molar-refractivity contribution in [2.24, 2.45) is 0 Å². The van der Waals surface area contributed by atoms with Crippen molar-refractivity contribution in [3.8, 4) is 5.75 Å². The summed E-state index contributed by atoms with van der Waals surface area (Å²) in [4.78, 5) is 17.4. The maximum absolute atomic E-state index is 11.8. The van der Waals surface area contributed by atoms with Gasteiger partial charge in [-0.3, -0.25) is 0 Å². The van der Waals surface area contributed by atoms with E-state index in [1.807, 2.05) is 32.9 Å². The number of carbonyl (C=O) groups is 1. The Morgan fingerprint density at radius 2 is 2.14 bits per heavy atom. The van der Waals surface area contributed by atoms with Crippen LogP contribution in [0.4, 0.5) is 0 Å². The fourth-order valence-corrected chi connectivity index (χ4v) is 3.59. The second kappa shape index (κ2) is 5.57. The standard InChI is InChI=1S/C17H17NO3S/c1-9-7-14(16-10(2)18-11(3)22-16)13-8-12(17(19)20-4)5-6-15(13)21-9/h5-9H,1-4H3. The minimum absolute atomic E-state index is 0.0201. The lowest BCUT2D eigenvalue weighted by Crippen LogP contribution is -2.16. The Morgan fingerprint density at radius 1 is 1.36 bits per heavy atom. The number of methoxy groups -OCH3 is 1. The zero-order valence-electron chi connectivity index (χ0n) is 13.0. The normalized spacial score (nSPS) is 16.5. The Hall–Kier alpha value is -2.14. The van der Waals surface area contributed by atoms with Crippen LogP contribution >= 0.6 is 11.3 Å². The predicted octanol–water partition coefficient (Wildman–Crippen LogP) is 3.76. The second-order valence-electron chi connectivity index (χ2n) is 5.25. The third-order valence-corrected chi connectivity index (χ3v) is 4.66. The largest absolute Gasteiger partial charge is 0.486 e.